The molecule has 168 valence electrons. The summed E-state index contributed by atoms with van der Waals surface area (Å²) in [6.07, 6.45) is 3.95. The summed E-state index contributed by atoms with van der Waals surface area (Å²) in [5, 5.41) is 6.10. The van der Waals surface area contributed by atoms with E-state index in [9.17, 15) is 4.79 Å². The second-order valence-corrected chi connectivity index (χ2v) is 9.20. The van der Waals surface area contributed by atoms with Gasteiger partial charge in [-0.05, 0) is 38.9 Å². The molecule has 2 heterocycles. The quantitative estimate of drug-likeness (QED) is 0.525. The number of ether oxygens (including phenoxy) is 1. The number of carbonyl (C=O) groups excluding carboxylic acids is 1. The van der Waals surface area contributed by atoms with Crippen LogP contribution < -0.4 is 10.1 Å². The minimum absolute atomic E-state index is 0.00247. The highest BCUT2D eigenvalue weighted by molar-refractivity contribution is 7.13. The molecule has 1 aliphatic heterocycles. The standard InChI is InChI=1S/C26H31N3O2S/c1-19-10-12-20(13-11-19)26-28-21(18-32-26)16-25(30)27-17-23(29-14-6-3-7-15-29)22-8-4-5-9-24(22)31-2/h4-5,8-13,18,23H,3,6-7,14-17H2,1-2H3,(H,27,30). The Morgan fingerprint density at radius 3 is 2.62 bits per heavy atom. The van der Waals surface area contributed by atoms with Gasteiger partial charge in [0.1, 0.15) is 10.8 Å². The fraction of sp³-hybridized carbons (Fsp3) is 0.385. The van der Waals surface area contributed by atoms with Gasteiger partial charge in [0.05, 0.1) is 25.3 Å². The smallest absolute Gasteiger partial charge is 0.226 e. The molecule has 1 atom stereocenters. The first-order chi connectivity index (χ1) is 15.6. The molecule has 4 rings (SSSR count). The number of nitrogens with zero attached hydrogens (tertiary/aromatic N) is 2. The summed E-state index contributed by atoms with van der Waals surface area (Å²) in [5.41, 5.74) is 4.26. The molecule has 6 heteroatoms. The molecule has 32 heavy (non-hydrogen) atoms. The van der Waals surface area contributed by atoms with E-state index in [-0.39, 0.29) is 11.9 Å². The summed E-state index contributed by atoms with van der Waals surface area (Å²) in [6, 6.07) is 16.6. The average Bonchev–Trinajstić information content (AvgIpc) is 3.29. The number of rotatable bonds is 8. The van der Waals surface area contributed by atoms with Crippen LogP contribution in [-0.4, -0.2) is 42.5 Å². The minimum atomic E-state index is 0.00247. The lowest BCUT2D eigenvalue weighted by molar-refractivity contribution is -0.120. The maximum absolute atomic E-state index is 12.8. The van der Waals surface area contributed by atoms with Gasteiger partial charge in [-0.2, -0.15) is 0 Å². The molecule has 2 aromatic carbocycles. The molecular formula is C26H31N3O2S. The first-order valence-electron chi connectivity index (χ1n) is 11.3. The van der Waals surface area contributed by atoms with Crippen molar-refractivity contribution in [1.82, 2.24) is 15.2 Å². The van der Waals surface area contributed by atoms with Gasteiger partial charge in [0.25, 0.3) is 0 Å². The molecule has 0 saturated carbocycles. The van der Waals surface area contributed by atoms with E-state index < -0.39 is 0 Å². The second kappa shape index (κ2) is 10.7. The van der Waals surface area contributed by atoms with Crippen molar-refractivity contribution in [3.63, 3.8) is 0 Å². The second-order valence-electron chi connectivity index (χ2n) is 8.35. The summed E-state index contributed by atoms with van der Waals surface area (Å²) in [4.78, 5) is 19.9. The number of methoxy groups -OCH3 is 1. The monoisotopic (exact) mass is 449 g/mol. The van der Waals surface area contributed by atoms with Crippen molar-refractivity contribution in [3.05, 3.63) is 70.7 Å². The Morgan fingerprint density at radius 2 is 1.88 bits per heavy atom. The number of para-hydroxylation sites is 1. The summed E-state index contributed by atoms with van der Waals surface area (Å²) >= 11 is 1.58. The van der Waals surface area contributed by atoms with Crippen LogP contribution in [0.2, 0.25) is 0 Å². The maximum Gasteiger partial charge on any atom is 0.226 e. The molecular weight excluding hydrogens is 418 g/mol. The number of likely N-dealkylation sites (tertiary alicyclic amines) is 1. The maximum atomic E-state index is 12.8. The van der Waals surface area contributed by atoms with Gasteiger partial charge in [0.15, 0.2) is 0 Å². The Hall–Kier alpha value is -2.70. The average molecular weight is 450 g/mol. The van der Waals surface area contributed by atoms with Crippen molar-refractivity contribution in [2.45, 2.75) is 38.6 Å². The van der Waals surface area contributed by atoms with Crippen molar-refractivity contribution in [2.75, 3.05) is 26.7 Å². The van der Waals surface area contributed by atoms with E-state index in [2.05, 4.69) is 52.5 Å². The van der Waals surface area contributed by atoms with Crippen LogP contribution in [0.3, 0.4) is 0 Å². The van der Waals surface area contributed by atoms with Crippen LogP contribution in [0.4, 0.5) is 0 Å². The van der Waals surface area contributed by atoms with Crippen molar-refractivity contribution in [3.8, 4) is 16.3 Å². The molecule has 1 unspecified atom stereocenters. The molecule has 1 saturated heterocycles. The fourth-order valence-corrected chi connectivity index (χ4v) is 5.09. The molecule has 0 bridgehead atoms. The third kappa shape index (κ3) is 5.56. The van der Waals surface area contributed by atoms with Crippen LogP contribution in [0, 0.1) is 6.92 Å². The molecule has 1 fully saturated rings. The topological polar surface area (TPSA) is 54.5 Å². The van der Waals surface area contributed by atoms with Gasteiger partial charge >= 0.3 is 0 Å². The highest BCUT2D eigenvalue weighted by Crippen LogP contribution is 2.31. The summed E-state index contributed by atoms with van der Waals surface area (Å²) < 4.78 is 5.62. The summed E-state index contributed by atoms with van der Waals surface area (Å²) in [7, 11) is 1.71. The Bertz CT molecular complexity index is 1030. The lowest BCUT2D eigenvalue weighted by atomic mass is 10.0. The van der Waals surface area contributed by atoms with Crippen molar-refractivity contribution >= 4 is 17.2 Å². The lowest BCUT2D eigenvalue weighted by Gasteiger charge is -2.35. The van der Waals surface area contributed by atoms with Gasteiger partial charge < -0.3 is 10.1 Å². The molecule has 5 nitrogen and oxygen atoms in total. The van der Waals surface area contributed by atoms with Crippen molar-refractivity contribution in [1.29, 1.82) is 0 Å². The zero-order chi connectivity index (χ0) is 22.3. The van der Waals surface area contributed by atoms with Crippen LogP contribution in [0.25, 0.3) is 10.6 Å². The fourth-order valence-electron chi connectivity index (χ4n) is 4.26. The van der Waals surface area contributed by atoms with Crippen LogP contribution in [0.15, 0.2) is 53.9 Å². The van der Waals surface area contributed by atoms with E-state index in [1.165, 1.54) is 24.8 Å². The van der Waals surface area contributed by atoms with Gasteiger partial charge in [-0.15, -0.1) is 11.3 Å². The normalized spacial score (nSPS) is 15.3. The number of amides is 1. The van der Waals surface area contributed by atoms with Gasteiger partial charge in [0.2, 0.25) is 5.91 Å². The number of hydrogen-bond donors (Lipinski definition) is 1. The Balaban J connectivity index is 1.41. The molecule has 0 radical (unpaired) electrons. The number of carbonyl (C=O) groups is 1. The number of thiazole rings is 1. The van der Waals surface area contributed by atoms with Crippen LogP contribution in [0.5, 0.6) is 5.75 Å². The number of nitrogens with one attached hydrogen (secondary N) is 1. The predicted molar refractivity (Wildman–Crippen MR) is 130 cm³/mol. The predicted octanol–water partition coefficient (Wildman–Crippen LogP) is 5.01. The lowest BCUT2D eigenvalue weighted by Crippen LogP contribution is -2.41. The van der Waals surface area contributed by atoms with Crippen molar-refractivity contribution in [2.24, 2.45) is 0 Å². The molecule has 0 spiro atoms. The molecule has 3 aromatic rings. The summed E-state index contributed by atoms with van der Waals surface area (Å²) in [5.74, 6) is 0.877. The number of aromatic nitrogens is 1. The first kappa shape index (κ1) is 22.5. The van der Waals surface area contributed by atoms with E-state index in [0.29, 0.717) is 13.0 Å². The molecule has 1 amide bonds. The zero-order valence-electron chi connectivity index (χ0n) is 18.8. The highest BCUT2D eigenvalue weighted by atomic mass is 32.1. The number of benzene rings is 2. The zero-order valence-corrected chi connectivity index (χ0v) is 19.7. The molecule has 1 N–H and O–H groups in total. The largest absolute Gasteiger partial charge is 0.496 e. The van der Waals surface area contributed by atoms with E-state index in [1.54, 1.807) is 18.4 Å². The number of piperidine rings is 1. The SMILES string of the molecule is COc1ccccc1C(CNC(=O)Cc1csc(-c2ccc(C)cc2)n1)N1CCCCC1. The van der Waals surface area contributed by atoms with Crippen LogP contribution in [-0.2, 0) is 11.2 Å². The Morgan fingerprint density at radius 1 is 1.12 bits per heavy atom. The first-order valence-corrected chi connectivity index (χ1v) is 12.2. The van der Waals surface area contributed by atoms with Crippen molar-refractivity contribution < 1.29 is 9.53 Å². The minimum Gasteiger partial charge on any atom is -0.496 e. The van der Waals surface area contributed by atoms with Gasteiger partial charge in [0, 0.05) is 23.1 Å². The van der Waals surface area contributed by atoms with E-state index in [4.69, 9.17) is 4.74 Å². The van der Waals surface area contributed by atoms with Gasteiger partial charge in [-0.3, -0.25) is 9.69 Å². The highest BCUT2D eigenvalue weighted by Gasteiger charge is 2.25. The Labute approximate surface area is 194 Å². The number of aryl methyl sites for hydroxylation is 1. The van der Waals surface area contributed by atoms with E-state index in [1.807, 2.05) is 23.6 Å². The van der Waals surface area contributed by atoms with Gasteiger partial charge in [-0.25, -0.2) is 4.98 Å². The van der Waals surface area contributed by atoms with E-state index >= 15 is 0 Å². The van der Waals surface area contributed by atoms with E-state index in [0.717, 1.165) is 40.7 Å². The van der Waals surface area contributed by atoms with Crippen LogP contribution in [0.1, 0.15) is 42.1 Å². The molecule has 1 aromatic heterocycles. The molecule has 0 aliphatic carbocycles. The third-order valence-electron chi connectivity index (χ3n) is 6.01. The van der Waals surface area contributed by atoms with Crippen LogP contribution >= 0.6 is 11.3 Å². The summed E-state index contributed by atoms with van der Waals surface area (Å²) in [6.45, 7) is 4.73. The Kier molecular flexibility index (Phi) is 7.55. The molecule has 1 aliphatic rings. The third-order valence-corrected chi connectivity index (χ3v) is 6.95. The number of hydrogen-bond acceptors (Lipinski definition) is 5. The van der Waals surface area contributed by atoms with Gasteiger partial charge in [-0.1, -0.05) is 54.4 Å².